The van der Waals surface area contributed by atoms with Gasteiger partial charge < -0.3 is 19.6 Å². The van der Waals surface area contributed by atoms with Crippen molar-refractivity contribution in [1.29, 1.82) is 0 Å². The Morgan fingerprint density at radius 3 is 2.61 bits per heavy atom. The molecule has 1 aromatic carbocycles. The topological polar surface area (TPSA) is 53.0 Å². The van der Waals surface area contributed by atoms with Crippen molar-refractivity contribution < 1.29 is 14.6 Å². The number of amides is 1. The summed E-state index contributed by atoms with van der Waals surface area (Å²) >= 11 is 0. The number of hydrogen-bond donors (Lipinski definition) is 1. The van der Waals surface area contributed by atoms with E-state index in [-0.39, 0.29) is 12.5 Å². The molecule has 5 nitrogen and oxygen atoms in total. The van der Waals surface area contributed by atoms with Crippen molar-refractivity contribution in [2.24, 2.45) is 0 Å². The lowest BCUT2D eigenvalue weighted by atomic mass is 10.0. The highest BCUT2D eigenvalue weighted by molar-refractivity contribution is 5.97. The maximum atomic E-state index is 11.7. The van der Waals surface area contributed by atoms with Crippen molar-refractivity contribution in [2.45, 2.75) is 39.2 Å². The Labute approximate surface area is 138 Å². The number of rotatable bonds is 8. The molecule has 1 amide bonds. The van der Waals surface area contributed by atoms with Crippen LogP contribution in [0.3, 0.4) is 0 Å². The normalized spacial score (nSPS) is 15.5. The second-order valence-electron chi connectivity index (χ2n) is 6.11. The highest BCUT2D eigenvalue weighted by Crippen LogP contribution is 2.34. The third-order valence-corrected chi connectivity index (χ3v) is 4.25. The summed E-state index contributed by atoms with van der Waals surface area (Å²) in [6, 6.07) is 5.59. The number of benzene rings is 1. The van der Waals surface area contributed by atoms with Crippen molar-refractivity contribution in [2.75, 3.05) is 38.2 Å². The van der Waals surface area contributed by atoms with Gasteiger partial charge in [0.05, 0.1) is 11.8 Å². The second-order valence-corrected chi connectivity index (χ2v) is 6.11. The van der Waals surface area contributed by atoms with Gasteiger partial charge in [0, 0.05) is 13.6 Å². The molecule has 0 spiro atoms. The van der Waals surface area contributed by atoms with Crippen LogP contribution in [0, 0.1) is 0 Å². The summed E-state index contributed by atoms with van der Waals surface area (Å²) in [4.78, 5) is 15.7. The predicted octanol–water partition coefficient (Wildman–Crippen LogP) is 2.59. The number of carbonyl (C=O) groups is 1. The third-order valence-electron chi connectivity index (χ3n) is 4.25. The van der Waals surface area contributed by atoms with E-state index >= 15 is 0 Å². The number of aliphatic hydroxyl groups is 1. The molecule has 0 bridgehead atoms. The van der Waals surface area contributed by atoms with E-state index in [4.69, 9.17) is 4.74 Å². The summed E-state index contributed by atoms with van der Waals surface area (Å²) in [5.41, 5.74) is 1.57. The highest BCUT2D eigenvalue weighted by atomic mass is 16.5. The van der Waals surface area contributed by atoms with E-state index in [1.807, 2.05) is 18.2 Å². The quantitative estimate of drug-likeness (QED) is 0.800. The molecule has 0 fully saturated rings. The van der Waals surface area contributed by atoms with Crippen LogP contribution in [-0.2, 0) is 4.79 Å². The van der Waals surface area contributed by atoms with Crippen molar-refractivity contribution in [1.82, 2.24) is 4.90 Å². The molecule has 128 valence electrons. The van der Waals surface area contributed by atoms with Crippen molar-refractivity contribution in [3.63, 3.8) is 0 Å². The van der Waals surface area contributed by atoms with Gasteiger partial charge in [-0.2, -0.15) is 0 Å². The molecule has 1 unspecified atom stereocenters. The Balaban J connectivity index is 2.02. The van der Waals surface area contributed by atoms with Crippen LogP contribution in [0.25, 0.3) is 0 Å². The molecule has 1 aliphatic rings. The first-order valence-electron chi connectivity index (χ1n) is 8.50. The summed E-state index contributed by atoms with van der Waals surface area (Å²) < 4.78 is 5.42. The van der Waals surface area contributed by atoms with E-state index in [1.165, 1.54) is 0 Å². The lowest BCUT2D eigenvalue weighted by Gasteiger charge is -2.27. The minimum atomic E-state index is -0.526. The number of aliphatic hydroxyl groups excluding tert-OH is 1. The van der Waals surface area contributed by atoms with E-state index in [2.05, 4.69) is 18.7 Å². The lowest BCUT2D eigenvalue weighted by Crippen LogP contribution is -2.35. The van der Waals surface area contributed by atoms with Gasteiger partial charge in [-0.3, -0.25) is 4.79 Å². The number of hydrogen-bond acceptors (Lipinski definition) is 4. The molecule has 0 saturated carbocycles. The first-order valence-corrected chi connectivity index (χ1v) is 8.50. The summed E-state index contributed by atoms with van der Waals surface area (Å²) in [7, 11) is 1.74. The minimum Gasteiger partial charge on any atom is -0.482 e. The number of ether oxygens (including phenoxy) is 1. The summed E-state index contributed by atoms with van der Waals surface area (Å²) in [5, 5.41) is 10.5. The molecule has 0 aromatic heterocycles. The molecular weight excluding hydrogens is 292 g/mol. The minimum absolute atomic E-state index is 0.0683. The van der Waals surface area contributed by atoms with Crippen molar-refractivity contribution in [3.05, 3.63) is 23.8 Å². The van der Waals surface area contributed by atoms with Gasteiger partial charge in [-0.1, -0.05) is 19.9 Å². The van der Waals surface area contributed by atoms with E-state index < -0.39 is 6.10 Å². The van der Waals surface area contributed by atoms with Crippen LogP contribution in [0.2, 0.25) is 0 Å². The van der Waals surface area contributed by atoms with Crippen LogP contribution in [0.1, 0.15) is 44.8 Å². The monoisotopic (exact) mass is 320 g/mol. The van der Waals surface area contributed by atoms with Gasteiger partial charge in [-0.25, -0.2) is 0 Å². The molecule has 2 rings (SSSR count). The SMILES string of the molecule is CCCN(CCC)CCC(O)c1ccc2c(c1)N(C)C(=O)CO2. The zero-order valence-electron chi connectivity index (χ0n) is 14.4. The van der Waals surface area contributed by atoms with Crippen LogP contribution < -0.4 is 9.64 Å². The maximum absolute atomic E-state index is 11.7. The molecule has 1 aliphatic heterocycles. The fourth-order valence-corrected chi connectivity index (χ4v) is 2.94. The Morgan fingerprint density at radius 2 is 1.96 bits per heavy atom. The molecule has 23 heavy (non-hydrogen) atoms. The average molecular weight is 320 g/mol. The van der Waals surface area contributed by atoms with E-state index in [9.17, 15) is 9.90 Å². The van der Waals surface area contributed by atoms with Gasteiger partial charge in [0.2, 0.25) is 0 Å². The highest BCUT2D eigenvalue weighted by Gasteiger charge is 2.23. The van der Waals surface area contributed by atoms with Gasteiger partial charge in [0.15, 0.2) is 6.61 Å². The predicted molar refractivity (Wildman–Crippen MR) is 91.9 cm³/mol. The van der Waals surface area contributed by atoms with Crippen LogP contribution in [0.5, 0.6) is 5.75 Å². The van der Waals surface area contributed by atoms with Crippen molar-refractivity contribution >= 4 is 11.6 Å². The van der Waals surface area contributed by atoms with Gasteiger partial charge in [-0.15, -0.1) is 0 Å². The van der Waals surface area contributed by atoms with Gasteiger partial charge >= 0.3 is 0 Å². The number of fused-ring (bicyclic) bond motifs is 1. The van der Waals surface area contributed by atoms with Gasteiger partial charge in [-0.05, 0) is 50.0 Å². The molecule has 0 saturated heterocycles. The average Bonchev–Trinajstić information content (AvgIpc) is 2.56. The fourth-order valence-electron chi connectivity index (χ4n) is 2.94. The molecule has 5 heteroatoms. The van der Waals surface area contributed by atoms with E-state index in [1.54, 1.807) is 11.9 Å². The third kappa shape index (κ3) is 4.45. The molecule has 1 atom stereocenters. The maximum Gasteiger partial charge on any atom is 0.264 e. The molecular formula is C18H28N2O3. The Bertz CT molecular complexity index is 527. The molecule has 0 radical (unpaired) electrons. The smallest absolute Gasteiger partial charge is 0.264 e. The van der Waals surface area contributed by atoms with Crippen LogP contribution in [0.15, 0.2) is 18.2 Å². The lowest BCUT2D eigenvalue weighted by molar-refractivity contribution is -0.120. The fraction of sp³-hybridized carbons (Fsp3) is 0.611. The van der Waals surface area contributed by atoms with Crippen LogP contribution in [-0.4, -0.2) is 49.2 Å². The zero-order valence-corrected chi connectivity index (χ0v) is 14.4. The van der Waals surface area contributed by atoms with Crippen molar-refractivity contribution in [3.8, 4) is 5.75 Å². The number of anilines is 1. The van der Waals surface area contributed by atoms with E-state index in [0.29, 0.717) is 12.2 Å². The first kappa shape index (κ1) is 17.8. The molecule has 1 N–H and O–H groups in total. The molecule has 0 aliphatic carbocycles. The summed E-state index contributed by atoms with van der Waals surface area (Å²) in [6.45, 7) is 7.44. The standard InChI is InChI=1S/C18H28N2O3/c1-4-9-20(10-5-2)11-8-16(21)14-6-7-17-15(12-14)19(3)18(22)13-23-17/h6-7,12,16,21H,4-5,8-11,13H2,1-3H3. The van der Waals surface area contributed by atoms with Crippen LogP contribution >= 0.6 is 0 Å². The number of nitrogens with zero attached hydrogens (tertiary/aromatic N) is 2. The number of carbonyl (C=O) groups excluding carboxylic acids is 1. The zero-order chi connectivity index (χ0) is 16.8. The Morgan fingerprint density at radius 1 is 1.26 bits per heavy atom. The summed E-state index contributed by atoms with van der Waals surface area (Å²) in [5.74, 6) is 0.628. The Hall–Kier alpha value is -1.59. The van der Waals surface area contributed by atoms with Gasteiger partial charge in [0.25, 0.3) is 5.91 Å². The second kappa shape index (κ2) is 8.31. The largest absolute Gasteiger partial charge is 0.482 e. The summed E-state index contributed by atoms with van der Waals surface area (Å²) in [6.07, 6.45) is 2.41. The molecule has 1 heterocycles. The molecule has 1 aromatic rings. The van der Waals surface area contributed by atoms with Gasteiger partial charge in [0.1, 0.15) is 5.75 Å². The van der Waals surface area contributed by atoms with E-state index in [0.717, 1.165) is 43.7 Å². The Kier molecular flexibility index (Phi) is 6.42. The first-order chi connectivity index (χ1) is 11.1. The number of likely N-dealkylation sites (N-methyl/N-ethyl adjacent to an activating group) is 1. The van der Waals surface area contributed by atoms with Crippen LogP contribution in [0.4, 0.5) is 5.69 Å².